The van der Waals surface area contributed by atoms with Gasteiger partial charge in [0.25, 0.3) is 5.91 Å². The van der Waals surface area contributed by atoms with E-state index in [-0.39, 0.29) is 23.8 Å². The Bertz CT molecular complexity index is 792. The largest absolute Gasteiger partial charge is 0.375 e. The average molecular weight is 367 g/mol. The molecule has 0 spiro atoms. The summed E-state index contributed by atoms with van der Waals surface area (Å²) in [5.41, 5.74) is 3.48. The van der Waals surface area contributed by atoms with E-state index >= 15 is 0 Å². The molecular formula is C22H29N3O2. The highest BCUT2D eigenvalue weighted by atomic mass is 16.2. The van der Waals surface area contributed by atoms with Gasteiger partial charge in [-0.15, -0.1) is 0 Å². The molecule has 0 atom stereocenters. The molecule has 0 bridgehead atoms. The second-order valence-electron chi connectivity index (χ2n) is 7.62. The monoisotopic (exact) mass is 367 g/mol. The fourth-order valence-corrected chi connectivity index (χ4v) is 2.59. The van der Waals surface area contributed by atoms with Gasteiger partial charge in [-0.1, -0.05) is 39.0 Å². The summed E-state index contributed by atoms with van der Waals surface area (Å²) in [5, 5.41) is 5.48. The molecule has 2 aromatic carbocycles. The Morgan fingerprint density at radius 2 is 1.70 bits per heavy atom. The van der Waals surface area contributed by atoms with Crippen LogP contribution in [-0.2, 0) is 10.2 Å². The zero-order chi connectivity index (χ0) is 20.0. The van der Waals surface area contributed by atoms with E-state index in [1.165, 1.54) is 0 Å². The van der Waals surface area contributed by atoms with E-state index in [2.05, 4.69) is 43.2 Å². The first-order valence-electron chi connectivity index (χ1n) is 9.20. The van der Waals surface area contributed by atoms with Crippen LogP contribution in [0.25, 0.3) is 0 Å². The van der Waals surface area contributed by atoms with Crippen molar-refractivity contribution in [2.45, 2.75) is 33.1 Å². The van der Waals surface area contributed by atoms with Crippen molar-refractivity contribution in [3.63, 3.8) is 0 Å². The van der Waals surface area contributed by atoms with E-state index < -0.39 is 0 Å². The minimum Gasteiger partial charge on any atom is -0.375 e. The summed E-state index contributed by atoms with van der Waals surface area (Å²) in [6.07, 6.45) is 0. The third-order valence-corrected chi connectivity index (χ3v) is 4.47. The van der Waals surface area contributed by atoms with E-state index in [9.17, 15) is 9.59 Å². The maximum atomic E-state index is 12.2. The number of hydrogen-bond acceptors (Lipinski definition) is 3. The molecular weight excluding hydrogens is 338 g/mol. The lowest BCUT2D eigenvalue weighted by Gasteiger charge is -2.19. The quantitative estimate of drug-likeness (QED) is 0.816. The Hall–Kier alpha value is -2.82. The number of nitrogens with zero attached hydrogens (tertiary/aromatic N) is 1. The van der Waals surface area contributed by atoms with Crippen LogP contribution in [-0.4, -0.2) is 32.0 Å². The SMILES string of the molecule is CCN(C)c1cccc(NC(=O)CNC(=O)c2ccc(C(C)(C)C)cc2)c1. The second-order valence-corrected chi connectivity index (χ2v) is 7.62. The van der Waals surface area contributed by atoms with Crippen LogP contribution in [0.5, 0.6) is 0 Å². The van der Waals surface area contributed by atoms with E-state index in [0.717, 1.165) is 17.8 Å². The highest BCUT2D eigenvalue weighted by Crippen LogP contribution is 2.22. The lowest BCUT2D eigenvalue weighted by molar-refractivity contribution is -0.115. The number of carbonyl (C=O) groups is 2. The topological polar surface area (TPSA) is 61.4 Å². The Morgan fingerprint density at radius 1 is 1.04 bits per heavy atom. The maximum absolute atomic E-state index is 12.2. The maximum Gasteiger partial charge on any atom is 0.251 e. The van der Waals surface area contributed by atoms with Gasteiger partial charge in [-0.05, 0) is 48.2 Å². The van der Waals surface area contributed by atoms with Gasteiger partial charge in [0.2, 0.25) is 5.91 Å². The van der Waals surface area contributed by atoms with Crippen LogP contribution >= 0.6 is 0 Å². The zero-order valence-corrected chi connectivity index (χ0v) is 16.8. The van der Waals surface area contributed by atoms with Crippen LogP contribution in [0.3, 0.4) is 0 Å². The summed E-state index contributed by atoms with van der Waals surface area (Å²) in [6.45, 7) is 9.24. The molecule has 0 aliphatic heterocycles. The van der Waals surface area contributed by atoms with Crippen molar-refractivity contribution in [3.8, 4) is 0 Å². The first-order valence-corrected chi connectivity index (χ1v) is 9.20. The number of amides is 2. The summed E-state index contributed by atoms with van der Waals surface area (Å²) in [5.74, 6) is -0.518. The first kappa shape index (κ1) is 20.5. The Labute approximate surface area is 161 Å². The highest BCUT2D eigenvalue weighted by Gasteiger charge is 2.14. The molecule has 2 N–H and O–H groups in total. The summed E-state index contributed by atoms with van der Waals surface area (Å²) in [4.78, 5) is 26.5. The van der Waals surface area contributed by atoms with Gasteiger partial charge in [0.05, 0.1) is 6.54 Å². The number of rotatable bonds is 6. The predicted molar refractivity (Wildman–Crippen MR) is 111 cm³/mol. The molecule has 2 aromatic rings. The minimum absolute atomic E-state index is 0.0370. The van der Waals surface area contributed by atoms with Gasteiger partial charge in [-0.25, -0.2) is 0 Å². The molecule has 27 heavy (non-hydrogen) atoms. The number of carbonyl (C=O) groups excluding carboxylic acids is 2. The van der Waals surface area contributed by atoms with Crippen LogP contribution in [0.1, 0.15) is 43.6 Å². The van der Waals surface area contributed by atoms with Crippen LogP contribution in [0, 0.1) is 0 Å². The van der Waals surface area contributed by atoms with Crippen molar-refractivity contribution < 1.29 is 9.59 Å². The summed E-state index contributed by atoms with van der Waals surface area (Å²) in [7, 11) is 1.99. The molecule has 0 heterocycles. The number of benzene rings is 2. The number of anilines is 2. The number of nitrogens with one attached hydrogen (secondary N) is 2. The predicted octanol–water partition coefficient (Wildman–Crippen LogP) is 3.81. The van der Waals surface area contributed by atoms with Gasteiger partial charge >= 0.3 is 0 Å². The van der Waals surface area contributed by atoms with Gasteiger partial charge in [0.15, 0.2) is 0 Å². The van der Waals surface area contributed by atoms with Gasteiger partial charge in [0, 0.05) is 30.5 Å². The van der Waals surface area contributed by atoms with E-state index in [1.54, 1.807) is 12.1 Å². The fraction of sp³-hybridized carbons (Fsp3) is 0.364. The van der Waals surface area contributed by atoms with Crippen LogP contribution in [0.15, 0.2) is 48.5 Å². The average Bonchev–Trinajstić information content (AvgIpc) is 2.65. The molecule has 144 valence electrons. The van der Waals surface area contributed by atoms with E-state index in [1.807, 2.05) is 43.4 Å². The molecule has 0 saturated carbocycles. The molecule has 2 amide bonds. The Morgan fingerprint density at radius 3 is 2.30 bits per heavy atom. The van der Waals surface area contributed by atoms with Gasteiger partial charge < -0.3 is 15.5 Å². The standard InChI is InChI=1S/C22H29N3O2/c1-6-25(5)19-9-7-8-18(14-19)24-20(26)15-23-21(27)16-10-12-17(13-11-16)22(2,3)4/h7-14H,6,15H2,1-5H3,(H,23,27)(H,24,26). The molecule has 0 saturated heterocycles. The first-order chi connectivity index (χ1) is 12.7. The lowest BCUT2D eigenvalue weighted by atomic mass is 9.87. The number of hydrogen-bond donors (Lipinski definition) is 2. The zero-order valence-electron chi connectivity index (χ0n) is 16.8. The van der Waals surface area contributed by atoms with Crippen molar-refractivity contribution in [2.75, 3.05) is 30.4 Å². The molecule has 5 nitrogen and oxygen atoms in total. The van der Waals surface area contributed by atoms with Gasteiger partial charge in [-0.3, -0.25) is 9.59 Å². The molecule has 0 fully saturated rings. The smallest absolute Gasteiger partial charge is 0.251 e. The van der Waals surface area contributed by atoms with Crippen LogP contribution in [0.4, 0.5) is 11.4 Å². The lowest BCUT2D eigenvalue weighted by Crippen LogP contribution is -2.32. The molecule has 0 radical (unpaired) electrons. The fourth-order valence-electron chi connectivity index (χ4n) is 2.59. The van der Waals surface area contributed by atoms with E-state index in [0.29, 0.717) is 11.3 Å². The van der Waals surface area contributed by atoms with E-state index in [4.69, 9.17) is 0 Å². The van der Waals surface area contributed by atoms with Crippen molar-refractivity contribution in [2.24, 2.45) is 0 Å². The molecule has 0 aliphatic rings. The third-order valence-electron chi connectivity index (χ3n) is 4.47. The molecule has 5 heteroatoms. The van der Waals surface area contributed by atoms with Crippen molar-refractivity contribution in [1.82, 2.24) is 5.32 Å². The van der Waals surface area contributed by atoms with Crippen molar-refractivity contribution in [3.05, 3.63) is 59.7 Å². The van der Waals surface area contributed by atoms with Crippen molar-refractivity contribution in [1.29, 1.82) is 0 Å². The normalized spacial score (nSPS) is 11.0. The summed E-state index contributed by atoms with van der Waals surface area (Å²) in [6, 6.07) is 15.1. The molecule has 2 rings (SSSR count). The Kier molecular flexibility index (Phi) is 6.61. The summed E-state index contributed by atoms with van der Waals surface area (Å²) >= 11 is 0. The van der Waals surface area contributed by atoms with Crippen molar-refractivity contribution >= 4 is 23.2 Å². The van der Waals surface area contributed by atoms with Gasteiger partial charge in [-0.2, -0.15) is 0 Å². The third kappa shape index (κ3) is 5.84. The second kappa shape index (κ2) is 8.71. The minimum atomic E-state index is -0.259. The Balaban J connectivity index is 1.91. The highest BCUT2D eigenvalue weighted by molar-refractivity contribution is 5.99. The summed E-state index contributed by atoms with van der Waals surface area (Å²) < 4.78 is 0. The van der Waals surface area contributed by atoms with Gasteiger partial charge in [0.1, 0.15) is 0 Å². The van der Waals surface area contributed by atoms with Crippen LogP contribution in [0.2, 0.25) is 0 Å². The molecule has 0 aromatic heterocycles. The molecule has 0 aliphatic carbocycles. The molecule has 0 unspecified atom stereocenters. The van der Waals surface area contributed by atoms with Crippen LogP contribution < -0.4 is 15.5 Å².